The number of hydrogen-bond acceptors (Lipinski definition) is 2. The summed E-state index contributed by atoms with van der Waals surface area (Å²) in [7, 11) is 0. The van der Waals surface area contributed by atoms with Gasteiger partial charge in [0.05, 0.1) is 0 Å². The van der Waals surface area contributed by atoms with Crippen molar-refractivity contribution in [2.24, 2.45) is 0 Å². The van der Waals surface area contributed by atoms with E-state index in [0.29, 0.717) is 21.2 Å². The van der Waals surface area contributed by atoms with E-state index in [2.05, 4.69) is 0 Å². The SMILES string of the molecule is O=C(c1ccccc1)c1ccc(Cl)cc1.OC(c1ccccc1)c1ccc(Cl)cc1. The molecule has 4 aromatic rings. The van der Waals surface area contributed by atoms with Crippen LogP contribution < -0.4 is 0 Å². The third kappa shape index (κ3) is 6.04. The zero-order chi connectivity index (χ0) is 21.3. The van der Waals surface area contributed by atoms with Crippen molar-refractivity contribution < 1.29 is 9.90 Å². The first-order valence-corrected chi connectivity index (χ1v) is 10.1. The van der Waals surface area contributed by atoms with Crippen molar-refractivity contribution in [1.82, 2.24) is 0 Å². The van der Waals surface area contributed by atoms with E-state index >= 15 is 0 Å². The van der Waals surface area contributed by atoms with Crippen LogP contribution in [0.5, 0.6) is 0 Å². The molecule has 0 radical (unpaired) electrons. The molecule has 0 heterocycles. The molecule has 150 valence electrons. The Morgan fingerprint density at radius 1 is 0.567 bits per heavy atom. The van der Waals surface area contributed by atoms with E-state index in [4.69, 9.17) is 23.2 Å². The normalized spacial score (nSPS) is 11.2. The minimum Gasteiger partial charge on any atom is -0.384 e. The Morgan fingerprint density at radius 3 is 1.50 bits per heavy atom. The molecule has 0 aliphatic rings. The van der Waals surface area contributed by atoms with E-state index in [-0.39, 0.29) is 5.78 Å². The van der Waals surface area contributed by atoms with Crippen molar-refractivity contribution in [2.45, 2.75) is 6.10 Å². The van der Waals surface area contributed by atoms with Crippen molar-refractivity contribution in [2.75, 3.05) is 0 Å². The molecule has 0 bridgehead atoms. The fourth-order valence-corrected chi connectivity index (χ4v) is 3.08. The molecule has 0 aliphatic carbocycles. The maximum absolute atomic E-state index is 11.9. The molecule has 1 atom stereocenters. The summed E-state index contributed by atoms with van der Waals surface area (Å²) in [4.78, 5) is 11.9. The molecule has 0 aliphatic heterocycles. The Hall–Kier alpha value is -2.91. The Bertz CT molecular complexity index is 1060. The van der Waals surface area contributed by atoms with Gasteiger partial charge in [-0.25, -0.2) is 0 Å². The number of aliphatic hydroxyl groups excluding tert-OH is 1. The fraction of sp³-hybridized carbons (Fsp3) is 0.0385. The van der Waals surface area contributed by atoms with E-state index in [9.17, 15) is 9.90 Å². The summed E-state index contributed by atoms with van der Waals surface area (Å²) in [5.41, 5.74) is 3.09. The lowest BCUT2D eigenvalue weighted by molar-refractivity contribution is 0.103. The molecular formula is C26H20Cl2O2. The van der Waals surface area contributed by atoms with Crippen LogP contribution in [0.15, 0.2) is 109 Å². The van der Waals surface area contributed by atoms with Gasteiger partial charge in [0.1, 0.15) is 6.10 Å². The number of carbonyl (C=O) groups is 1. The van der Waals surface area contributed by atoms with Gasteiger partial charge in [0.2, 0.25) is 0 Å². The molecule has 1 unspecified atom stereocenters. The van der Waals surface area contributed by atoms with Crippen LogP contribution in [-0.2, 0) is 0 Å². The highest BCUT2D eigenvalue weighted by molar-refractivity contribution is 6.31. The van der Waals surface area contributed by atoms with E-state index in [1.165, 1.54) is 0 Å². The minimum atomic E-state index is -0.580. The van der Waals surface area contributed by atoms with Gasteiger partial charge in [0.15, 0.2) is 5.78 Å². The van der Waals surface area contributed by atoms with Crippen molar-refractivity contribution in [3.05, 3.63) is 141 Å². The third-order valence-electron chi connectivity index (χ3n) is 4.44. The van der Waals surface area contributed by atoms with Crippen molar-refractivity contribution in [3.63, 3.8) is 0 Å². The standard InChI is InChI=1S/C13H11ClO.C13H9ClO/c2*14-12-8-6-11(7-9-12)13(15)10-4-2-1-3-5-10/h1-9,13,15H;1-9H. The van der Waals surface area contributed by atoms with Crippen LogP contribution in [0.25, 0.3) is 0 Å². The van der Waals surface area contributed by atoms with Gasteiger partial charge < -0.3 is 5.11 Å². The molecule has 2 nitrogen and oxygen atoms in total. The van der Waals surface area contributed by atoms with Gasteiger partial charge in [0, 0.05) is 21.2 Å². The summed E-state index contributed by atoms with van der Waals surface area (Å²) in [5.74, 6) is 0.0206. The van der Waals surface area contributed by atoms with Crippen LogP contribution in [-0.4, -0.2) is 10.9 Å². The highest BCUT2D eigenvalue weighted by Crippen LogP contribution is 2.22. The second-order valence-corrected chi connectivity index (χ2v) is 7.44. The van der Waals surface area contributed by atoms with E-state index < -0.39 is 6.10 Å². The number of carbonyl (C=O) groups excluding carboxylic acids is 1. The average Bonchev–Trinajstić information content (AvgIpc) is 2.81. The lowest BCUT2D eigenvalue weighted by Gasteiger charge is -2.10. The number of aliphatic hydroxyl groups is 1. The van der Waals surface area contributed by atoms with Gasteiger partial charge >= 0.3 is 0 Å². The second-order valence-electron chi connectivity index (χ2n) is 6.57. The lowest BCUT2D eigenvalue weighted by atomic mass is 10.0. The largest absolute Gasteiger partial charge is 0.384 e. The lowest BCUT2D eigenvalue weighted by Crippen LogP contribution is -1.99. The molecule has 0 saturated heterocycles. The second kappa shape index (κ2) is 10.7. The Balaban J connectivity index is 0.000000171. The van der Waals surface area contributed by atoms with Crippen molar-refractivity contribution >= 4 is 29.0 Å². The third-order valence-corrected chi connectivity index (χ3v) is 4.95. The Labute approximate surface area is 186 Å². The highest BCUT2D eigenvalue weighted by atomic mass is 35.5. The topological polar surface area (TPSA) is 37.3 Å². The molecular weight excluding hydrogens is 415 g/mol. The average molecular weight is 435 g/mol. The zero-order valence-electron chi connectivity index (χ0n) is 16.1. The molecule has 0 amide bonds. The molecule has 0 saturated carbocycles. The molecule has 0 aromatic heterocycles. The number of rotatable bonds is 4. The first-order chi connectivity index (χ1) is 14.5. The van der Waals surface area contributed by atoms with Gasteiger partial charge in [-0.05, 0) is 47.5 Å². The summed E-state index contributed by atoms with van der Waals surface area (Å²) >= 11 is 11.5. The van der Waals surface area contributed by atoms with E-state index in [1.807, 2.05) is 60.7 Å². The van der Waals surface area contributed by atoms with Crippen LogP contribution in [0, 0.1) is 0 Å². The van der Waals surface area contributed by atoms with Crippen LogP contribution in [0.1, 0.15) is 33.2 Å². The van der Waals surface area contributed by atoms with Crippen LogP contribution in [0.3, 0.4) is 0 Å². The summed E-state index contributed by atoms with van der Waals surface area (Å²) in [6.07, 6.45) is -0.580. The van der Waals surface area contributed by atoms with Crippen molar-refractivity contribution in [3.8, 4) is 0 Å². The predicted molar refractivity (Wildman–Crippen MR) is 123 cm³/mol. The van der Waals surface area contributed by atoms with Gasteiger partial charge in [-0.3, -0.25) is 4.79 Å². The van der Waals surface area contributed by atoms with Crippen LogP contribution in [0.2, 0.25) is 10.0 Å². The molecule has 4 rings (SSSR count). The molecule has 0 fully saturated rings. The quantitative estimate of drug-likeness (QED) is 0.351. The maximum atomic E-state index is 11.9. The molecule has 4 heteroatoms. The number of ketones is 1. The molecule has 0 spiro atoms. The highest BCUT2D eigenvalue weighted by Gasteiger charge is 2.09. The van der Waals surface area contributed by atoms with Gasteiger partial charge in [0.25, 0.3) is 0 Å². The Kier molecular flexibility index (Phi) is 7.81. The molecule has 1 N–H and O–H groups in total. The molecule has 4 aromatic carbocycles. The maximum Gasteiger partial charge on any atom is 0.193 e. The van der Waals surface area contributed by atoms with Crippen LogP contribution >= 0.6 is 23.2 Å². The van der Waals surface area contributed by atoms with Crippen molar-refractivity contribution in [1.29, 1.82) is 0 Å². The molecule has 30 heavy (non-hydrogen) atoms. The number of benzene rings is 4. The summed E-state index contributed by atoms with van der Waals surface area (Å²) in [6.45, 7) is 0. The number of hydrogen-bond donors (Lipinski definition) is 1. The number of halogens is 2. The van der Waals surface area contributed by atoms with Gasteiger partial charge in [-0.1, -0.05) is 96.0 Å². The Morgan fingerprint density at radius 2 is 0.967 bits per heavy atom. The fourth-order valence-electron chi connectivity index (χ4n) is 2.83. The zero-order valence-corrected chi connectivity index (χ0v) is 17.6. The smallest absolute Gasteiger partial charge is 0.193 e. The van der Waals surface area contributed by atoms with E-state index in [1.54, 1.807) is 48.5 Å². The first-order valence-electron chi connectivity index (χ1n) is 9.38. The monoisotopic (exact) mass is 434 g/mol. The van der Waals surface area contributed by atoms with Gasteiger partial charge in [-0.2, -0.15) is 0 Å². The summed E-state index contributed by atoms with van der Waals surface area (Å²) < 4.78 is 0. The first kappa shape index (κ1) is 21.8. The minimum absolute atomic E-state index is 0.0206. The predicted octanol–water partition coefficient (Wildman–Crippen LogP) is 6.99. The van der Waals surface area contributed by atoms with Gasteiger partial charge in [-0.15, -0.1) is 0 Å². The van der Waals surface area contributed by atoms with E-state index in [0.717, 1.165) is 11.1 Å². The van der Waals surface area contributed by atoms with Crippen LogP contribution in [0.4, 0.5) is 0 Å². The summed E-state index contributed by atoms with van der Waals surface area (Å²) in [5, 5.41) is 11.4. The summed E-state index contributed by atoms with van der Waals surface area (Å²) in [6, 6.07) is 32.9.